The van der Waals surface area contributed by atoms with Gasteiger partial charge in [0.25, 0.3) is 0 Å². The molecule has 3 heteroatoms. The van der Waals surface area contributed by atoms with E-state index in [4.69, 9.17) is 0 Å². The van der Waals surface area contributed by atoms with Gasteiger partial charge in [0.2, 0.25) is 0 Å². The number of halogens is 2. The van der Waals surface area contributed by atoms with E-state index >= 15 is 0 Å². The molecule has 0 spiro atoms. The quantitative estimate of drug-likeness (QED) is 0.309. The molecule has 0 heterocycles. The number of fused-ring (bicyclic) bond motifs is 3. The summed E-state index contributed by atoms with van der Waals surface area (Å²) in [6.07, 6.45) is 32.3. The maximum Gasteiger partial charge on any atom is -0.0162 e. The van der Waals surface area contributed by atoms with Crippen LogP contribution in [0.2, 0.25) is 0 Å². The number of hydrogen-bond donors (Lipinski definition) is 0. The number of allylic oxidation sites excluding steroid dienone is 4. The van der Waals surface area contributed by atoms with Crippen LogP contribution in [0.25, 0.3) is 11.1 Å². The molecule has 0 N–H and O–H groups in total. The zero-order chi connectivity index (χ0) is 25.3. The Hall–Kier alpha value is -0.916. The van der Waals surface area contributed by atoms with Crippen molar-refractivity contribution in [3.8, 4) is 11.1 Å². The van der Waals surface area contributed by atoms with E-state index in [0.717, 1.165) is 24.7 Å². The predicted octanol–water partition coefficient (Wildman–Crippen LogP) is 4.14. The zero-order valence-corrected chi connectivity index (χ0v) is 26.6. The van der Waals surface area contributed by atoms with E-state index in [9.17, 15) is 0 Å². The molecule has 3 fully saturated rings. The van der Waals surface area contributed by atoms with Crippen molar-refractivity contribution in [2.75, 3.05) is 0 Å². The second-order valence-corrected chi connectivity index (χ2v) is 12.9. The Labute approximate surface area is 262 Å². The average molecular weight is 596 g/mol. The summed E-state index contributed by atoms with van der Waals surface area (Å²) in [5.41, 5.74) is 9.11. The standard InChI is InChI=1S/C25H29.C6H10.C5H5.2ClH.Ti/c1-3-7-18(8-4-1)20-11-13-22-15-23-14-12-21(17-25(23)24(22)16-20)19-9-5-2-6-10-19;1-2-4-6-5-3-1;1-2-4-5-3-1;;;/h11-13,16-19H,1-10,15H2;1-5H2;1-3H,4H2;2*1H;/q-1;;-1;;;+2/p-2. The van der Waals surface area contributed by atoms with Crippen LogP contribution < -0.4 is 24.8 Å². The summed E-state index contributed by atoms with van der Waals surface area (Å²) in [4.78, 5) is 0. The first-order valence-corrected chi connectivity index (χ1v) is 16.0. The molecule has 7 rings (SSSR count). The molecule has 3 saturated carbocycles. The molecule has 2 aromatic rings. The molecule has 2 aromatic carbocycles. The van der Waals surface area contributed by atoms with Crippen molar-refractivity contribution in [1.82, 2.24) is 0 Å². The Morgan fingerprint density at radius 1 is 0.692 bits per heavy atom. The Kier molecular flexibility index (Phi) is 14.3. The largest absolute Gasteiger partial charge is 0.179 e. The van der Waals surface area contributed by atoms with Crippen LogP contribution in [-0.4, -0.2) is 3.81 Å². The predicted molar refractivity (Wildman–Crippen MR) is 155 cm³/mol. The van der Waals surface area contributed by atoms with Gasteiger partial charge >= 0.3 is 55.9 Å². The van der Waals surface area contributed by atoms with Crippen molar-refractivity contribution >= 4 is 3.81 Å². The molecular weight excluding hydrogens is 551 g/mol. The Bertz CT molecular complexity index is 1020. The normalized spacial score (nSPS) is 19.9. The van der Waals surface area contributed by atoms with Crippen LogP contribution in [0.15, 0.2) is 48.6 Å². The van der Waals surface area contributed by atoms with Crippen molar-refractivity contribution in [2.45, 2.75) is 121 Å². The van der Waals surface area contributed by atoms with Crippen LogP contribution in [0.4, 0.5) is 0 Å². The van der Waals surface area contributed by atoms with E-state index < -0.39 is 0 Å². The van der Waals surface area contributed by atoms with Crippen molar-refractivity contribution in [3.05, 3.63) is 83.0 Å². The molecule has 208 valence electrons. The first-order valence-electron chi connectivity index (χ1n) is 15.2. The molecule has 0 aromatic heterocycles. The SMILES string of the molecule is [C-]1=CC=CC1.[Cl-].[Cl-].[Ti+2]=[C]1CCCCC1.[c-]1cc(C2CCCCC2)cc2c1Cc1ccc(C3CCCCC3)cc1-2. The minimum Gasteiger partial charge on any atom is -0.179 e. The average Bonchev–Trinajstić information content (AvgIpc) is 3.66. The van der Waals surface area contributed by atoms with Gasteiger partial charge in [-0.25, -0.2) is 12.2 Å². The molecule has 0 amide bonds. The maximum absolute atomic E-state index is 3.66. The molecule has 0 radical (unpaired) electrons. The van der Waals surface area contributed by atoms with E-state index in [-0.39, 0.29) is 24.8 Å². The zero-order valence-electron chi connectivity index (χ0n) is 23.6. The molecule has 5 aliphatic carbocycles. The fourth-order valence-electron chi connectivity index (χ4n) is 6.80. The van der Waals surface area contributed by atoms with Gasteiger partial charge in [-0.3, -0.25) is 6.08 Å². The van der Waals surface area contributed by atoms with Crippen molar-refractivity contribution in [3.63, 3.8) is 0 Å². The van der Waals surface area contributed by atoms with Gasteiger partial charge in [-0.15, -0.1) is 12.0 Å². The third-order valence-electron chi connectivity index (χ3n) is 9.04. The molecule has 0 saturated heterocycles. The van der Waals surface area contributed by atoms with Gasteiger partial charge in [0, 0.05) is 0 Å². The first kappa shape index (κ1) is 32.6. The van der Waals surface area contributed by atoms with Gasteiger partial charge in [-0.2, -0.15) is 35.4 Å². The summed E-state index contributed by atoms with van der Waals surface area (Å²) in [5, 5.41) is 0. The monoisotopic (exact) mass is 594 g/mol. The van der Waals surface area contributed by atoms with E-state index in [0.29, 0.717) is 0 Å². The van der Waals surface area contributed by atoms with E-state index in [1.165, 1.54) is 119 Å². The van der Waals surface area contributed by atoms with E-state index in [1.54, 1.807) is 14.9 Å². The van der Waals surface area contributed by atoms with Crippen LogP contribution in [0.3, 0.4) is 0 Å². The van der Waals surface area contributed by atoms with Crippen LogP contribution in [0.1, 0.15) is 137 Å². The molecule has 0 bridgehead atoms. The van der Waals surface area contributed by atoms with Gasteiger partial charge in [-0.05, 0) is 30.7 Å². The summed E-state index contributed by atoms with van der Waals surface area (Å²) in [7, 11) is 0. The topological polar surface area (TPSA) is 0 Å². The number of benzene rings is 2. The van der Waals surface area contributed by atoms with Crippen molar-refractivity contribution in [2.24, 2.45) is 0 Å². The molecule has 39 heavy (non-hydrogen) atoms. The summed E-state index contributed by atoms with van der Waals surface area (Å²) in [5.74, 6) is 1.58. The van der Waals surface area contributed by atoms with Crippen LogP contribution >= 0.6 is 0 Å². The molecule has 0 unspecified atom stereocenters. The minimum atomic E-state index is 0. The Balaban J connectivity index is 0.000000250. The summed E-state index contributed by atoms with van der Waals surface area (Å²) in [6, 6.07) is 15.9. The minimum absolute atomic E-state index is 0. The Morgan fingerprint density at radius 3 is 1.85 bits per heavy atom. The second kappa shape index (κ2) is 17.1. The van der Waals surface area contributed by atoms with Crippen LogP contribution in [0.5, 0.6) is 0 Å². The molecule has 0 atom stereocenters. The van der Waals surface area contributed by atoms with Gasteiger partial charge in [0.1, 0.15) is 0 Å². The molecule has 0 nitrogen and oxygen atoms in total. The van der Waals surface area contributed by atoms with E-state index in [1.807, 2.05) is 12.2 Å². The van der Waals surface area contributed by atoms with Gasteiger partial charge in [-0.1, -0.05) is 86.6 Å². The third kappa shape index (κ3) is 9.29. The summed E-state index contributed by atoms with van der Waals surface area (Å²) in [6.45, 7) is 0. The van der Waals surface area contributed by atoms with Gasteiger partial charge in [0.05, 0.1) is 0 Å². The second-order valence-electron chi connectivity index (χ2n) is 11.8. The number of rotatable bonds is 2. The number of hydrogen-bond acceptors (Lipinski definition) is 0. The summed E-state index contributed by atoms with van der Waals surface area (Å²) >= 11 is 2.28. The van der Waals surface area contributed by atoms with Crippen molar-refractivity contribution in [1.29, 1.82) is 0 Å². The Morgan fingerprint density at radius 2 is 1.31 bits per heavy atom. The van der Waals surface area contributed by atoms with E-state index in [2.05, 4.69) is 68.5 Å². The first-order chi connectivity index (χ1) is 18.3. The van der Waals surface area contributed by atoms with Crippen molar-refractivity contribution < 1.29 is 44.8 Å². The molecule has 5 aliphatic rings. The molecular formula is C36H44Cl2Ti-2. The van der Waals surface area contributed by atoms with Crippen LogP contribution in [0, 0.1) is 12.1 Å². The van der Waals surface area contributed by atoms with Crippen LogP contribution in [-0.2, 0) is 26.4 Å². The van der Waals surface area contributed by atoms with Gasteiger partial charge < -0.3 is 24.8 Å². The maximum atomic E-state index is 3.66. The fourth-order valence-corrected chi connectivity index (χ4v) is 7.35. The third-order valence-corrected chi connectivity index (χ3v) is 9.82. The fraction of sp³-hybridized carbons (Fsp3) is 0.528. The smallest absolute Gasteiger partial charge is 0.0162 e. The molecule has 0 aliphatic heterocycles. The summed E-state index contributed by atoms with van der Waals surface area (Å²) < 4.78 is 1.71. The van der Waals surface area contributed by atoms with Gasteiger partial charge in [0.15, 0.2) is 0 Å².